The van der Waals surface area contributed by atoms with Crippen molar-refractivity contribution in [3.8, 4) is 0 Å². The van der Waals surface area contributed by atoms with Crippen molar-refractivity contribution in [3.63, 3.8) is 0 Å². The predicted molar refractivity (Wildman–Crippen MR) is 61.5 cm³/mol. The van der Waals surface area contributed by atoms with E-state index in [1.54, 1.807) is 0 Å². The molecular weight excluding hydrogens is 190 g/mol. The molecule has 0 spiro atoms. The summed E-state index contributed by atoms with van der Waals surface area (Å²) in [6.07, 6.45) is 2.29. The van der Waals surface area contributed by atoms with Crippen LogP contribution in [0.3, 0.4) is 0 Å². The SMILES string of the molecule is CC(CN)C(=O)N1CCCC(N(C)C)C1. The highest BCUT2D eigenvalue weighted by Gasteiger charge is 2.26. The average Bonchev–Trinajstić information content (AvgIpc) is 2.27. The monoisotopic (exact) mass is 213 g/mol. The fourth-order valence-electron chi connectivity index (χ4n) is 1.99. The first kappa shape index (κ1) is 12.5. The molecule has 1 aliphatic heterocycles. The highest BCUT2D eigenvalue weighted by Crippen LogP contribution is 2.15. The second-order valence-electron chi connectivity index (χ2n) is 4.68. The van der Waals surface area contributed by atoms with Gasteiger partial charge in [0.25, 0.3) is 0 Å². The summed E-state index contributed by atoms with van der Waals surface area (Å²) in [5.74, 6) is 0.176. The Kier molecular flexibility index (Phi) is 4.54. The third kappa shape index (κ3) is 3.18. The van der Waals surface area contributed by atoms with Gasteiger partial charge >= 0.3 is 0 Å². The van der Waals surface area contributed by atoms with E-state index in [4.69, 9.17) is 5.73 Å². The van der Waals surface area contributed by atoms with E-state index < -0.39 is 0 Å². The first-order chi connectivity index (χ1) is 7.06. The quantitative estimate of drug-likeness (QED) is 0.725. The first-order valence-electron chi connectivity index (χ1n) is 5.71. The van der Waals surface area contributed by atoms with Gasteiger partial charge in [0.15, 0.2) is 0 Å². The summed E-state index contributed by atoms with van der Waals surface area (Å²) in [6.45, 7) is 4.10. The Morgan fingerprint density at radius 1 is 1.60 bits per heavy atom. The number of rotatable bonds is 3. The summed E-state index contributed by atoms with van der Waals surface area (Å²) in [7, 11) is 4.15. The van der Waals surface area contributed by atoms with Crippen molar-refractivity contribution < 1.29 is 4.79 Å². The zero-order valence-electron chi connectivity index (χ0n) is 10.1. The van der Waals surface area contributed by atoms with E-state index in [2.05, 4.69) is 19.0 Å². The fourth-order valence-corrected chi connectivity index (χ4v) is 1.99. The Hall–Kier alpha value is -0.610. The van der Waals surface area contributed by atoms with Gasteiger partial charge in [-0.15, -0.1) is 0 Å². The molecule has 88 valence electrons. The van der Waals surface area contributed by atoms with Gasteiger partial charge in [0, 0.05) is 31.6 Å². The standard InChI is InChI=1S/C11H23N3O/c1-9(7-12)11(15)14-6-4-5-10(8-14)13(2)3/h9-10H,4-8,12H2,1-3H3. The molecule has 0 aromatic carbocycles. The lowest BCUT2D eigenvalue weighted by Gasteiger charge is -2.37. The summed E-state index contributed by atoms with van der Waals surface area (Å²) in [5, 5.41) is 0. The smallest absolute Gasteiger partial charge is 0.226 e. The number of nitrogens with two attached hydrogens (primary N) is 1. The van der Waals surface area contributed by atoms with E-state index in [9.17, 15) is 4.79 Å². The van der Waals surface area contributed by atoms with Crippen LogP contribution in [-0.2, 0) is 4.79 Å². The van der Waals surface area contributed by atoms with E-state index >= 15 is 0 Å². The number of carbonyl (C=O) groups is 1. The molecule has 1 amide bonds. The third-order valence-electron chi connectivity index (χ3n) is 3.21. The van der Waals surface area contributed by atoms with Crippen LogP contribution in [0.1, 0.15) is 19.8 Å². The van der Waals surface area contributed by atoms with Crippen LogP contribution in [0.15, 0.2) is 0 Å². The number of hydrogen-bond acceptors (Lipinski definition) is 3. The molecule has 1 aliphatic rings. The molecule has 0 aliphatic carbocycles. The summed E-state index contributed by atoms with van der Waals surface area (Å²) in [5.41, 5.74) is 5.52. The van der Waals surface area contributed by atoms with Gasteiger partial charge in [-0.1, -0.05) is 6.92 Å². The van der Waals surface area contributed by atoms with Crippen LogP contribution in [-0.4, -0.2) is 55.5 Å². The maximum Gasteiger partial charge on any atom is 0.226 e. The van der Waals surface area contributed by atoms with Crippen LogP contribution in [0.5, 0.6) is 0 Å². The van der Waals surface area contributed by atoms with Crippen molar-refractivity contribution >= 4 is 5.91 Å². The molecule has 4 heteroatoms. The molecule has 1 rings (SSSR count). The Morgan fingerprint density at radius 2 is 2.27 bits per heavy atom. The molecule has 1 heterocycles. The highest BCUT2D eigenvalue weighted by molar-refractivity contribution is 5.78. The predicted octanol–water partition coefficient (Wildman–Crippen LogP) is 0.134. The van der Waals surface area contributed by atoms with Crippen LogP contribution in [0.25, 0.3) is 0 Å². The maximum absolute atomic E-state index is 11.9. The minimum absolute atomic E-state index is 0.0362. The Labute approximate surface area is 92.4 Å². The van der Waals surface area contributed by atoms with Crippen LogP contribution < -0.4 is 5.73 Å². The largest absolute Gasteiger partial charge is 0.341 e. The number of likely N-dealkylation sites (tertiary alicyclic amines) is 1. The lowest BCUT2D eigenvalue weighted by molar-refractivity contribution is -0.136. The summed E-state index contributed by atoms with van der Waals surface area (Å²) in [4.78, 5) is 16.1. The normalized spacial score (nSPS) is 24.3. The molecule has 0 bridgehead atoms. The van der Waals surface area contributed by atoms with Crippen LogP contribution in [0, 0.1) is 5.92 Å². The van der Waals surface area contributed by atoms with E-state index in [-0.39, 0.29) is 11.8 Å². The van der Waals surface area contributed by atoms with Crippen molar-refractivity contribution in [2.45, 2.75) is 25.8 Å². The second kappa shape index (κ2) is 5.47. The second-order valence-corrected chi connectivity index (χ2v) is 4.68. The van der Waals surface area contributed by atoms with Gasteiger partial charge in [0.05, 0.1) is 0 Å². The molecule has 15 heavy (non-hydrogen) atoms. The van der Waals surface area contributed by atoms with Crippen molar-refractivity contribution in [1.29, 1.82) is 0 Å². The molecule has 2 unspecified atom stereocenters. The summed E-state index contributed by atoms with van der Waals surface area (Å²) in [6, 6.07) is 0.507. The van der Waals surface area contributed by atoms with Crippen LogP contribution >= 0.6 is 0 Å². The summed E-state index contributed by atoms with van der Waals surface area (Å²) < 4.78 is 0. The van der Waals surface area contributed by atoms with Crippen molar-refractivity contribution in [3.05, 3.63) is 0 Å². The molecule has 1 saturated heterocycles. The minimum Gasteiger partial charge on any atom is -0.341 e. The van der Waals surface area contributed by atoms with E-state index in [0.29, 0.717) is 12.6 Å². The number of hydrogen-bond donors (Lipinski definition) is 1. The molecule has 0 radical (unpaired) electrons. The highest BCUT2D eigenvalue weighted by atomic mass is 16.2. The topological polar surface area (TPSA) is 49.6 Å². The molecule has 0 aromatic rings. The van der Waals surface area contributed by atoms with Gasteiger partial charge in [0.2, 0.25) is 5.91 Å². The minimum atomic E-state index is -0.0362. The lowest BCUT2D eigenvalue weighted by atomic mass is 10.0. The molecule has 1 fully saturated rings. The number of piperidine rings is 1. The van der Waals surface area contributed by atoms with E-state index in [1.165, 1.54) is 6.42 Å². The van der Waals surface area contributed by atoms with Gasteiger partial charge in [-0.2, -0.15) is 0 Å². The molecule has 0 aromatic heterocycles. The zero-order valence-corrected chi connectivity index (χ0v) is 10.1. The van der Waals surface area contributed by atoms with E-state index in [1.807, 2.05) is 11.8 Å². The third-order valence-corrected chi connectivity index (χ3v) is 3.21. The Bertz CT molecular complexity index is 218. The van der Waals surface area contributed by atoms with Crippen LogP contribution in [0.2, 0.25) is 0 Å². The number of carbonyl (C=O) groups excluding carboxylic acids is 1. The maximum atomic E-state index is 11.9. The van der Waals surface area contributed by atoms with E-state index in [0.717, 1.165) is 19.5 Å². The molecule has 2 N–H and O–H groups in total. The van der Waals surface area contributed by atoms with Crippen LogP contribution in [0.4, 0.5) is 0 Å². The fraction of sp³-hybridized carbons (Fsp3) is 0.909. The van der Waals surface area contributed by atoms with Crippen molar-refractivity contribution in [2.75, 3.05) is 33.7 Å². The number of likely N-dealkylation sites (N-methyl/N-ethyl adjacent to an activating group) is 1. The molecule has 2 atom stereocenters. The Balaban J connectivity index is 2.52. The lowest BCUT2D eigenvalue weighted by Crippen LogP contribution is -2.49. The van der Waals surface area contributed by atoms with Gasteiger partial charge in [-0.3, -0.25) is 4.79 Å². The van der Waals surface area contributed by atoms with Crippen molar-refractivity contribution in [1.82, 2.24) is 9.80 Å². The average molecular weight is 213 g/mol. The molecule has 0 saturated carbocycles. The number of amides is 1. The summed E-state index contributed by atoms with van der Waals surface area (Å²) >= 11 is 0. The zero-order chi connectivity index (χ0) is 11.4. The van der Waals surface area contributed by atoms with Crippen molar-refractivity contribution in [2.24, 2.45) is 11.7 Å². The van der Waals surface area contributed by atoms with Gasteiger partial charge in [0.1, 0.15) is 0 Å². The van der Waals surface area contributed by atoms with Gasteiger partial charge in [-0.25, -0.2) is 0 Å². The molecule has 4 nitrogen and oxygen atoms in total. The van der Waals surface area contributed by atoms with Gasteiger partial charge in [-0.05, 0) is 26.9 Å². The Morgan fingerprint density at radius 3 is 2.80 bits per heavy atom. The van der Waals surface area contributed by atoms with Gasteiger partial charge < -0.3 is 15.5 Å². The first-order valence-corrected chi connectivity index (χ1v) is 5.71. The number of nitrogens with zero attached hydrogens (tertiary/aromatic N) is 2. The molecular formula is C11H23N3O.